The lowest BCUT2D eigenvalue weighted by molar-refractivity contribution is -0.155. The van der Waals surface area contributed by atoms with E-state index in [1.54, 1.807) is 6.92 Å². The first-order chi connectivity index (χ1) is 14.1. The van der Waals surface area contributed by atoms with Crippen LogP contribution in [0.5, 0.6) is 0 Å². The molecule has 9 heteroatoms. The molecule has 0 aromatic carbocycles. The van der Waals surface area contributed by atoms with Gasteiger partial charge in [0, 0.05) is 10.9 Å². The largest absolute Gasteiger partial charge is 0.466 e. The van der Waals surface area contributed by atoms with Gasteiger partial charge in [-0.1, -0.05) is 29.8 Å². The Morgan fingerprint density at radius 1 is 1.37 bits per heavy atom. The lowest BCUT2D eigenvalue weighted by Gasteiger charge is -2.37. The second-order valence-electron chi connectivity index (χ2n) is 9.29. The zero-order chi connectivity index (χ0) is 22.4. The summed E-state index contributed by atoms with van der Waals surface area (Å²) in [7, 11) is 0. The predicted molar refractivity (Wildman–Crippen MR) is 113 cm³/mol. The van der Waals surface area contributed by atoms with E-state index in [1.165, 1.54) is 4.90 Å². The van der Waals surface area contributed by atoms with Gasteiger partial charge in [-0.25, -0.2) is 0 Å². The number of aliphatic hydroxyl groups excluding tert-OH is 1. The van der Waals surface area contributed by atoms with Gasteiger partial charge < -0.3 is 24.8 Å². The van der Waals surface area contributed by atoms with Crippen LogP contribution >= 0.6 is 15.9 Å². The summed E-state index contributed by atoms with van der Waals surface area (Å²) in [5.41, 5.74) is -1.11. The minimum Gasteiger partial charge on any atom is -0.466 e. The van der Waals surface area contributed by atoms with Crippen molar-refractivity contribution in [2.75, 3.05) is 13.2 Å². The number of hydrogen-bond acceptors (Lipinski definition) is 6. The zero-order valence-electron chi connectivity index (χ0n) is 18.3. The molecule has 7 atom stereocenters. The number of likely N-dealkylation sites (tertiary alicyclic amines) is 1. The van der Waals surface area contributed by atoms with Gasteiger partial charge in [0.05, 0.1) is 37.2 Å². The first kappa shape index (κ1) is 23.5. The molecule has 3 aliphatic rings. The van der Waals surface area contributed by atoms with E-state index >= 15 is 0 Å². The summed E-state index contributed by atoms with van der Waals surface area (Å²) in [6.45, 7) is 9.38. The molecule has 170 valence electrons. The minimum absolute atomic E-state index is 0.123. The Kier molecular flexibility index (Phi) is 6.84. The zero-order valence-corrected chi connectivity index (χ0v) is 19.8. The summed E-state index contributed by atoms with van der Waals surface area (Å²) in [6.07, 6.45) is 0.463. The van der Waals surface area contributed by atoms with Crippen molar-refractivity contribution in [1.29, 1.82) is 0 Å². The molecule has 0 radical (unpaired) electrons. The molecule has 0 saturated carbocycles. The lowest BCUT2D eigenvalue weighted by Crippen LogP contribution is -2.59. The van der Waals surface area contributed by atoms with Crippen molar-refractivity contribution in [3.05, 3.63) is 0 Å². The number of aliphatic hydroxyl groups is 1. The maximum Gasteiger partial charge on any atom is 0.312 e. The molecular weight excluding hydrogens is 456 g/mol. The van der Waals surface area contributed by atoms with Crippen LogP contribution in [0.15, 0.2) is 0 Å². The molecule has 3 aliphatic heterocycles. The second-order valence-corrected chi connectivity index (χ2v) is 10.5. The second kappa shape index (κ2) is 8.74. The number of amides is 2. The van der Waals surface area contributed by atoms with Crippen molar-refractivity contribution >= 4 is 33.7 Å². The van der Waals surface area contributed by atoms with Crippen molar-refractivity contribution in [3.63, 3.8) is 0 Å². The standard InChI is InChI=1S/C21H33BrN2O6/c1-6-29-20(28)14-15-19(27)24(12(9-25)7-10(2)3)17(18(26)23-11(4)5)21(15)8-13(22)16(14)30-21/h10-17,25H,6-9H2,1-5H3,(H,23,26)/t12-,13?,14+,15-,16+,17+,21-/m1/s1. The molecule has 0 aliphatic carbocycles. The predicted octanol–water partition coefficient (Wildman–Crippen LogP) is 1.23. The Morgan fingerprint density at radius 3 is 2.57 bits per heavy atom. The van der Waals surface area contributed by atoms with Crippen LogP contribution in [0.4, 0.5) is 0 Å². The maximum atomic E-state index is 13.7. The van der Waals surface area contributed by atoms with E-state index in [2.05, 4.69) is 21.2 Å². The molecular formula is C21H33BrN2O6. The van der Waals surface area contributed by atoms with Crippen molar-refractivity contribution in [2.45, 2.75) is 82.1 Å². The molecule has 3 fully saturated rings. The van der Waals surface area contributed by atoms with Crippen LogP contribution in [-0.4, -0.2) is 75.7 Å². The van der Waals surface area contributed by atoms with Crippen molar-refractivity contribution in [2.24, 2.45) is 17.8 Å². The summed E-state index contributed by atoms with van der Waals surface area (Å²) in [4.78, 5) is 41.2. The molecule has 2 bridgehead atoms. The Balaban J connectivity index is 2.08. The first-order valence-electron chi connectivity index (χ1n) is 10.8. The van der Waals surface area contributed by atoms with Crippen LogP contribution in [0.1, 0.15) is 47.5 Å². The van der Waals surface area contributed by atoms with Crippen LogP contribution < -0.4 is 5.32 Å². The monoisotopic (exact) mass is 488 g/mol. The number of halogens is 1. The summed E-state index contributed by atoms with van der Waals surface area (Å²) in [5, 5.41) is 13.0. The van der Waals surface area contributed by atoms with Gasteiger partial charge in [0.25, 0.3) is 0 Å². The summed E-state index contributed by atoms with van der Waals surface area (Å²) < 4.78 is 11.6. The number of esters is 1. The highest BCUT2D eigenvalue weighted by atomic mass is 79.9. The average molecular weight is 489 g/mol. The third-order valence-electron chi connectivity index (χ3n) is 6.31. The van der Waals surface area contributed by atoms with Gasteiger partial charge >= 0.3 is 5.97 Å². The molecule has 2 N–H and O–H groups in total. The fourth-order valence-corrected chi connectivity index (χ4v) is 6.39. The van der Waals surface area contributed by atoms with E-state index < -0.39 is 41.6 Å². The van der Waals surface area contributed by atoms with Crippen molar-refractivity contribution in [3.8, 4) is 0 Å². The van der Waals surface area contributed by atoms with E-state index in [9.17, 15) is 19.5 Å². The summed E-state index contributed by atoms with van der Waals surface area (Å²) in [6, 6.07) is -1.56. The average Bonchev–Trinajstić information content (AvgIpc) is 3.22. The fraction of sp³-hybridized carbons (Fsp3) is 0.857. The normalized spacial score (nSPS) is 35.8. The van der Waals surface area contributed by atoms with Gasteiger partial charge in [0.1, 0.15) is 11.6 Å². The molecule has 3 saturated heterocycles. The number of hydrogen-bond donors (Lipinski definition) is 2. The number of rotatable bonds is 8. The van der Waals surface area contributed by atoms with E-state index in [0.29, 0.717) is 12.8 Å². The number of nitrogens with one attached hydrogen (secondary N) is 1. The highest BCUT2D eigenvalue weighted by molar-refractivity contribution is 9.09. The van der Waals surface area contributed by atoms with Crippen LogP contribution in [0.2, 0.25) is 0 Å². The quantitative estimate of drug-likeness (QED) is 0.393. The van der Waals surface area contributed by atoms with Gasteiger partial charge in [-0.05, 0) is 39.5 Å². The number of carbonyl (C=O) groups excluding carboxylic acids is 3. The Labute approximate surface area is 186 Å². The Hall–Kier alpha value is -1.19. The van der Waals surface area contributed by atoms with Gasteiger partial charge in [0.2, 0.25) is 11.8 Å². The molecule has 3 heterocycles. The molecule has 3 rings (SSSR count). The summed E-state index contributed by atoms with van der Waals surface area (Å²) in [5.74, 6) is -2.44. The van der Waals surface area contributed by atoms with E-state index in [-0.39, 0.29) is 41.8 Å². The lowest BCUT2D eigenvalue weighted by atomic mass is 9.70. The van der Waals surface area contributed by atoms with E-state index in [0.717, 1.165) is 0 Å². The molecule has 8 nitrogen and oxygen atoms in total. The van der Waals surface area contributed by atoms with Gasteiger partial charge in [-0.15, -0.1) is 0 Å². The van der Waals surface area contributed by atoms with Gasteiger partial charge in [0.15, 0.2) is 0 Å². The van der Waals surface area contributed by atoms with Crippen LogP contribution in [0.3, 0.4) is 0 Å². The minimum atomic E-state index is -1.11. The smallest absolute Gasteiger partial charge is 0.312 e. The molecule has 0 aromatic rings. The van der Waals surface area contributed by atoms with Crippen LogP contribution in [-0.2, 0) is 23.9 Å². The topological polar surface area (TPSA) is 105 Å². The molecule has 30 heavy (non-hydrogen) atoms. The SMILES string of the molecule is CCOC(=O)[C@@H]1[C@H]2O[C@@]3(CC2Br)[C@H](C(=O)NC(C)C)N([C@@H](CO)CC(C)C)C(=O)[C@@H]13. The fourth-order valence-electron chi connectivity index (χ4n) is 5.45. The number of alkyl halides is 1. The third kappa shape index (κ3) is 3.66. The Morgan fingerprint density at radius 2 is 2.03 bits per heavy atom. The third-order valence-corrected chi connectivity index (χ3v) is 7.16. The molecule has 1 spiro atoms. The van der Waals surface area contributed by atoms with Gasteiger partial charge in [-0.3, -0.25) is 14.4 Å². The van der Waals surface area contributed by atoms with Crippen molar-refractivity contribution < 1.29 is 29.0 Å². The number of fused-ring (bicyclic) bond motifs is 1. The van der Waals surface area contributed by atoms with Crippen LogP contribution in [0, 0.1) is 17.8 Å². The van der Waals surface area contributed by atoms with Gasteiger partial charge in [-0.2, -0.15) is 0 Å². The number of ether oxygens (including phenoxy) is 2. The van der Waals surface area contributed by atoms with E-state index in [4.69, 9.17) is 9.47 Å². The highest BCUT2D eigenvalue weighted by Gasteiger charge is 2.77. The Bertz CT molecular complexity index is 701. The number of nitrogens with zero attached hydrogens (tertiary/aromatic N) is 1. The van der Waals surface area contributed by atoms with E-state index in [1.807, 2.05) is 27.7 Å². The summed E-state index contributed by atoms with van der Waals surface area (Å²) >= 11 is 3.60. The maximum absolute atomic E-state index is 13.7. The van der Waals surface area contributed by atoms with Crippen LogP contribution in [0.25, 0.3) is 0 Å². The molecule has 2 amide bonds. The molecule has 0 aromatic heterocycles. The highest BCUT2D eigenvalue weighted by Crippen LogP contribution is 2.60. The molecule has 1 unspecified atom stereocenters. The first-order valence-corrected chi connectivity index (χ1v) is 11.7. The van der Waals surface area contributed by atoms with Crippen molar-refractivity contribution in [1.82, 2.24) is 10.2 Å². The number of carbonyl (C=O) groups is 3.